The first-order valence-corrected chi connectivity index (χ1v) is 7.64. The van der Waals surface area contributed by atoms with Crippen molar-refractivity contribution in [3.8, 4) is 5.75 Å². The second kappa shape index (κ2) is 6.38. The zero-order valence-corrected chi connectivity index (χ0v) is 13.7. The van der Waals surface area contributed by atoms with Crippen LogP contribution < -0.4 is 10.1 Å². The van der Waals surface area contributed by atoms with Gasteiger partial charge in [-0.2, -0.15) is 0 Å². The van der Waals surface area contributed by atoms with Gasteiger partial charge >= 0.3 is 0 Å². The number of benzene rings is 1. The molecule has 1 aliphatic rings. The third kappa shape index (κ3) is 4.00. The molecule has 5 heteroatoms. The van der Waals surface area contributed by atoms with Crippen LogP contribution in [-0.4, -0.2) is 41.4 Å². The van der Waals surface area contributed by atoms with Crippen molar-refractivity contribution in [3.63, 3.8) is 0 Å². The van der Waals surface area contributed by atoms with Gasteiger partial charge in [-0.15, -0.1) is 0 Å². The Morgan fingerprint density at radius 2 is 2.00 bits per heavy atom. The summed E-state index contributed by atoms with van der Waals surface area (Å²) >= 11 is 0. The van der Waals surface area contributed by atoms with E-state index in [9.17, 15) is 9.59 Å². The number of para-hydroxylation sites is 1. The van der Waals surface area contributed by atoms with Crippen LogP contribution in [0.3, 0.4) is 0 Å². The first-order chi connectivity index (χ1) is 10.3. The van der Waals surface area contributed by atoms with Crippen molar-refractivity contribution in [1.82, 2.24) is 10.2 Å². The molecule has 1 aromatic rings. The lowest BCUT2D eigenvalue weighted by atomic mass is 10.1. The topological polar surface area (TPSA) is 58.6 Å². The van der Waals surface area contributed by atoms with Crippen LogP contribution in [0.25, 0.3) is 0 Å². The highest BCUT2D eigenvalue weighted by molar-refractivity contribution is 5.88. The maximum absolute atomic E-state index is 12.6. The van der Waals surface area contributed by atoms with E-state index in [2.05, 4.69) is 5.32 Å². The second-order valence-corrected chi connectivity index (χ2v) is 6.57. The van der Waals surface area contributed by atoms with Crippen molar-refractivity contribution in [2.75, 3.05) is 13.1 Å². The fraction of sp³-hybridized carbons (Fsp3) is 0.529. The van der Waals surface area contributed by atoms with Gasteiger partial charge in [0.2, 0.25) is 5.91 Å². The molecule has 0 saturated heterocycles. The summed E-state index contributed by atoms with van der Waals surface area (Å²) in [4.78, 5) is 26.1. The minimum Gasteiger partial charge on any atom is -0.480 e. The van der Waals surface area contributed by atoms with E-state index >= 15 is 0 Å². The molecule has 5 nitrogen and oxygen atoms in total. The lowest BCUT2D eigenvalue weighted by molar-refractivity contribution is -0.141. The van der Waals surface area contributed by atoms with Gasteiger partial charge in [-0.25, -0.2) is 0 Å². The third-order valence-corrected chi connectivity index (χ3v) is 3.46. The number of carbonyl (C=O) groups is 2. The monoisotopic (exact) mass is 304 g/mol. The molecule has 0 aromatic heterocycles. The van der Waals surface area contributed by atoms with Crippen molar-refractivity contribution in [1.29, 1.82) is 0 Å². The van der Waals surface area contributed by atoms with Crippen LogP contribution in [0, 0.1) is 0 Å². The van der Waals surface area contributed by atoms with Gasteiger partial charge in [-0.05, 0) is 39.3 Å². The SMILES string of the molecule is CCN(CC(=O)NC(C)(C)C)C(=O)C1Cc2ccccc2O1. The highest BCUT2D eigenvalue weighted by Crippen LogP contribution is 2.28. The summed E-state index contributed by atoms with van der Waals surface area (Å²) in [6.45, 7) is 8.15. The molecule has 1 unspecified atom stereocenters. The molecular weight excluding hydrogens is 280 g/mol. The van der Waals surface area contributed by atoms with Gasteiger partial charge in [-0.3, -0.25) is 9.59 Å². The molecule has 2 amide bonds. The molecule has 0 aliphatic carbocycles. The Bertz CT molecular complexity index is 538. The molecule has 2 rings (SSSR count). The van der Waals surface area contributed by atoms with E-state index in [1.165, 1.54) is 4.90 Å². The molecule has 0 spiro atoms. The Balaban J connectivity index is 1.97. The highest BCUT2D eigenvalue weighted by atomic mass is 16.5. The Morgan fingerprint density at radius 1 is 1.32 bits per heavy atom. The molecule has 120 valence electrons. The van der Waals surface area contributed by atoms with Gasteiger partial charge in [0.05, 0.1) is 6.54 Å². The van der Waals surface area contributed by atoms with Gasteiger partial charge in [0.15, 0.2) is 6.10 Å². The first kappa shape index (κ1) is 16.3. The summed E-state index contributed by atoms with van der Waals surface area (Å²) in [6.07, 6.45) is 0.0339. The quantitative estimate of drug-likeness (QED) is 0.922. The zero-order chi connectivity index (χ0) is 16.3. The average Bonchev–Trinajstić information content (AvgIpc) is 2.86. The smallest absolute Gasteiger partial charge is 0.264 e. The van der Waals surface area contributed by atoms with Crippen molar-refractivity contribution < 1.29 is 14.3 Å². The number of nitrogens with zero attached hydrogens (tertiary/aromatic N) is 1. The average molecular weight is 304 g/mol. The Kier molecular flexibility index (Phi) is 4.74. The number of ether oxygens (including phenoxy) is 1. The molecule has 1 atom stereocenters. The summed E-state index contributed by atoms with van der Waals surface area (Å²) in [5, 5.41) is 2.87. The van der Waals surface area contributed by atoms with Crippen LogP contribution in [0.15, 0.2) is 24.3 Å². The van der Waals surface area contributed by atoms with Crippen molar-refractivity contribution in [2.24, 2.45) is 0 Å². The summed E-state index contributed by atoms with van der Waals surface area (Å²) < 4.78 is 5.71. The van der Waals surface area contributed by atoms with Crippen LogP contribution in [0.5, 0.6) is 5.75 Å². The number of fused-ring (bicyclic) bond motifs is 1. The highest BCUT2D eigenvalue weighted by Gasteiger charge is 2.32. The van der Waals surface area contributed by atoms with E-state index in [1.807, 2.05) is 52.0 Å². The van der Waals surface area contributed by atoms with Gasteiger partial charge < -0.3 is 15.0 Å². The molecule has 0 radical (unpaired) electrons. The number of amides is 2. The summed E-state index contributed by atoms with van der Waals surface area (Å²) in [5.74, 6) is 0.469. The normalized spacial score (nSPS) is 16.6. The number of rotatable bonds is 4. The molecule has 1 aromatic carbocycles. The molecule has 1 aliphatic heterocycles. The molecular formula is C17H24N2O3. The maximum Gasteiger partial charge on any atom is 0.264 e. The third-order valence-electron chi connectivity index (χ3n) is 3.46. The first-order valence-electron chi connectivity index (χ1n) is 7.64. The second-order valence-electron chi connectivity index (χ2n) is 6.57. The summed E-state index contributed by atoms with van der Waals surface area (Å²) in [5.41, 5.74) is 0.732. The number of likely N-dealkylation sites (N-methyl/N-ethyl adjacent to an activating group) is 1. The van der Waals surface area contributed by atoms with E-state index in [0.717, 1.165) is 11.3 Å². The van der Waals surface area contributed by atoms with E-state index in [1.54, 1.807) is 0 Å². The summed E-state index contributed by atoms with van der Waals surface area (Å²) in [6, 6.07) is 7.65. The van der Waals surface area contributed by atoms with E-state index < -0.39 is 6.10 Å². The summed E-state index contributed by atoms with van der Waals surface area (Å²) in [7, 11) is 0. The van der Waals surface area contributed by atoms with E-state index in [4.69, 9.17) is 4.74 Å². The Labute approximate surface area is 131 Å². The fourth-order valence-electron chi connectivity index (χ4n) is 2.50. The van der Waals surface area contributed by atoms with Crippen LogP contribution >= 0.6 is 0 Å². The van der Waals surface area contributed by atoms with Crippen molar-refractivity contribution in [2.45, 2.75) is 45.8 Å². The van der Waals surface area contributed by atoms with Crippen molar-refractivity contribution in [3.05, 3.63) is 29.8 Å². The predicted octanol–water partition coefficient (Wildman–Crippen LogP) is 1.75. The Hall–Kier alpha value is -2.04. The zero-order valence-electron chi connectivity index (χ0n) is 13.7. The fourth-order valence-corrected chi connectivity index (χ4v) is 2.50. The molecule has 0 bridgehead atoms. The van der Waals surface area contributed by atoms with Gasteiger partial charge in [0, 0.05) is 18.5 Å². The molecule has 1 heterocycles. The van der Waals surface area contributed by atoms with Crippen LogP contribution in [0.4, 0.5) is 0 Å². The van der Waals surface area contributed by atoms with Gasteiger partial charge in [0.1, 0.15) is 5.75 Å². The van der Waals surface area contributed by atoms with E-state index in [-0.39, 0.29) is 23.9 Å². The lowest BCUT2D eigenvalue weighted by Crippen LogP contribution is -2.49. The number of hydrogen-bond acceptors (Lipinski definition) is 3. The standard InChI is InChI=1S/C17H24N2O3/c1-5-19(11-15(20)18-17(2,3)4)16(21)14-10-12-8-6-7-9-13(12)22-14/h6-9,14H,5,10-11H2,1-4H3,(H,18,20). The van der Waals surface area contributed by atoms with Crippen LogP contribution in [-0.2, 0) is 16.0 Å². The van der Waals surface area contributed by atoms with Gasteiger partial charge in [0.25, 0.3) is 5.91 Å². The number of hydrogen-bond donors (Lipinski definition) is 1. The molecule has 1 N–H and O–H groups in total. The molecule has 0 saturated carbocycles. The molecule has 0 fully saturated rings. The maximum atomic E-state index is 12.6. The number of carbonyl (C=O) groups excluding carboxylic acids is 2. The van der Waals surface area contributed by atoms with Gasteiger partial charge in [-0.1, -0.05) is 18.2 Å². The molecule has 22 heavy (non-hydrogen) atoms. The largest absolute Gasteiger partial charge is 0.480 e. The minimum absolute atomic E-state index is 0.0583. The van der Waals surface area contributed by atoms with Crippen molar-refractivity contribution >= 4 is 11.8 Å². The Morgan fingerprint density at radius 3 is 2.59 bits per heavy atom. The van der Waals surface area contributed by atoms with Crippen LogP contribution in [0.2, 0.25) is 0 Å². The van der Waals surface area contributed by atoms with Crippen LogP contribution in [0.1, 0.15) is 33.3 Å². The minimum atomic E-state index is -0.528. The van der Waals surface area contributed by atoms with E-state index in [0.29, 0.717) is 13.0 Å². The number of nitrogens with one attached hydrogen (secondary N) is 1. The predicted molar refractivity (Wildman–Crippen MR) is 84.7 cm³/mol. The lowest BCUT2D eigenvalue weighted by Gasteiger charge is -2.26.